The molecule has 0 aromatic heterocycles. The van der Waals surface area contributed by atoms with Gasteiger partial charge >= 0.3 is 0 Å². The number of carbonyl (C=O) groups is 1. The maximum absolute atomic E-state index is 12.6. The van der Waals surface area contributed by atoms with Crippen molar-refractivity contribution in [1.29, 1.82) is 0 Å². The largest absolute Gasteiger partial charge is 0.341 e. The predicted octanol–water partition coefficient (Wildman–Crippen LogP) is 0.879. The molecule has 2 fully saturated rings. The van der Waals surface area contributed by atoms with Crippen LogP contribution in [0.3, 0.4) is 0 Å². The Morgan fingerprint density at radius 2 is 1.61 bits per heavy atom. The minimum Gasteiger partial charge on any atom is -0.341 e. The van der Waals surface area contributed by atoms with Gasteiger partial charge in [-0.25, -0.2) is 8.42 Å². The van der Waals surface area contributed by atoms with Gasteiger partial charge in [-0.3, -0.25) is 9.69 Å². The summed E-state index contributed by atoms with van der Waals surface area (Å²) >= 11 is 5.81. The lowest BCUT2D eigenvalue weighted by Crippen LogP contribution is -2.53. The number of amides is 1. The highest BCUT2D eigenvalue weighted by Gasteiger charge is 2.30. The van der Waals surface area contributed by atoms with E-state index in [2.05, 4.69) is 0 Å². The van der Waals surface area contributed by atoms with Crippen molar-refractivity contribution in [3.8, 4) is 0 Å². The molecule has 0 spiro atoms. The molecule has 2 aliphatic rings. The molecule has 1 aromatic carbocycles. The molecule has 1 amide bonds. The zero-order chi connectivity index (χ0) is 16.4. The summed E-state index contributed by atoms with van der Waals surface area (Å²) in [5.74, 6) is 0.144. The van der Waals surface area contributed by atoms with Gasteiger partial charge in [-0.1, -0.05) is 11.6 Å². The highest BCUT2D eigenvalue weighted by Crippen LogP contribution is 2.20. The molecule has 0 bridgehead atoms. The topological polar surface area (TPSA) is 60.9 Å². The second kappa shape index (κ2) is 6.76. The van der Waals surface area contributed by atoms with Crippen LogP contribution in [0.25, 0.3) is 0 Å². The highest BCUT2D eigenvalue weighted by atomic mass is 35.5. The van der Waals surface area contributed by atoms with E-state index in [4.69, 9.17) is 11.6 Å². The molecular weight excluding hydrogens is 338 g/mol. The van der Waals surface area contributed by atoms with Crippen molar-refractivity contribution in [3.63, 3.8) is 0 Å². The summed E-state index contributed by atoms with van der Waals surface area (Å²) in [7, 11) is -3.49. The van der Waals surface area contributed by atoms with E-state index in [1.54, 1.807) is 12.1 Å². The summed E-state index contributed by atoms with van der Waals surface area (Å²) in [5, 5.41) is 0.512. The molecular formula is C15H20ClN3O3S. The molecule has 0 saturated carbocycles. The molecule has 126 valence electrons. The van der Waals surface area contributed by atoms with Crippen molar-refractivity contribution >= 4 is 27.5 Å². The zero-order valence-electron chi connectivity index (χ0n) is 12.8. The molecule has 0 atom stereocenters. The van der Waals surface area contributed by atoms with E-state index in [0.717, 1.165) is 19.5 Å². The van der Waals surface area contributed by atoms with Crippen molar-refractivity contribution < 1.29 is 13.2 Å². The fourth-order valence-corrected chi connectivity index (χ4v) is 4.29. The Hall–Kier alpha value is -1.15. The maximum Gasteiger partial charge on any atom is 0.243 e. The highest BCUT2D eigenvalue weighted by molar-refractivity contribution is 7.89. The smallest absolute Gasteiger partial charge is 0.243 e. The number of piperazine rings is 1. The van der Waals surface area contributed by atoms with Gasteiger partial charge in [0.1, 0.15) is 0 Å². The van der Waals surface area contributed by atoms with Crippen molar-refractivity contribution in [2.75, 3.05) is 45.8 Å². The molecule has 0 unspecified atom stereocenters. The Morgan fingerprint density at radius 1 is 1.00 bits per heavy atom. The van der Waals surface area contributed by atoms with Crippen LogP contribution in [0.1, 0.15) is 6.42 Å². The van der Waals surface area contributed by atoms with E-state index in [-0.39, 0.29) is 10.8 Å². The summed E-state index contributed by atoms with van der Waals surface area (Å²) in [6.07, 6.45) is 1.08. The van der Waals surface area contributed by atoms with Crippen LogP contribution in [-0.2, 0) is 14.8 Å². The number of hydrogen-bond acceptors (Lipinski definition) is 4. The molecule has 2 aliphatic heterocycles. The second-order valence-electron chi connectivity index (χ2n) is 5.87. The summed E-state index contributed by atoms with van der Waals surface area (Å²) < 4.78 is 26.6. The number of hydrogen-bond donors (Lipinski definition) is 0. The average Bonchev–Trinajstić information content (AvgIpc) is 2.46. The molecule has 1 aromatic rings. The van der Waals surface area contributed by atoms with Crippen LogP contribution in [0.4, 0.5) is 0 Å². The monoisotopic (exact) mass is 357 g/mol. The summed E-state index contributed by atoms with van der Waals surface area (Å²) in [4.78, 5) is 16.1. The molecule has 2 heterocycles. The van der Waals surface area contributed by atoms with E-state index >= 15 is 0 Å². The lowest BCUT2D eigenvalue weighted by atomic mass is 10.2. The fourth-order valence-electron chi connectivity index (χ4n) is 2.74. The van der Waals surface area contributed by atoms with Gasteiger partial charge in [0.15, 0.2) is 0 Å². The van der Waals surface area contributed by atoms with Crippen LogP contribution >= 0.6 is 11.6 Å². The zero-order valence-corrected chi connectivity index (χ0v) is 14.4. The minimum atomic E-state index is -3.49. The van der Waals surface area contributed by atoms with Gasteiger partial charge in [0.05, 0.1) is 11.4 Å². The number of halogens is 1. The van der Waals surface area contributed by atoms with Gasteiger partial charge in [-0.15, -0.1) is 0 Å². The molecule has 8 heteroatoms. The molecule has 0 N–H and O–H groups in total. The van der Waals surface area contributed by atoms with Crippen molar-refractivity contribution in [2.45, 2.75) is 11.3 Å². The quantitative estimate of drug-likeness (QED) is 0.802. The standard InChI is InChI=1S/C15H20ClN3O3S/c16-13-2-4-14(5-3-13)23(21,22)19-10-8-17(9-11-19)12-15(20)18-6-1-7-18/h2-5H,1,6-12H2. The number of nitrogens with zero attached hydrogens (tertiary/aromatic N) is 3. The van der Waals surface area contributed by atoms with Crippen LogP contribution in [0.15, 0.2) is 29.2 Å². The first-order valence-corrected chi connectivity index (χ1v) is 9.54. The lowest BCUT2D eigenvalue weighted by Gasteiger charge is -2.36. The van der Waals surface area contributed by atoms with E-state index < -0.39 is 10.0 Å². The number of sulfonamides is 1. The number of benzene rings is 1. The van der Waals surface area contributed by atoms with Gasteiger partial charge in [0.2, 0.25) is 15.9 Å². The molecule has 3 rings (SSSR count). The fraction of sp³-hybridized carbons (Fsp3) is 0.533. The summed E-state index contributed by atoms with van der Waals surface area (Å²) in [5.41, 5.74) is 0. The van der Waals surface area contributed by atoms with Gasteiger partial charge in [-0.05, 0) is 30.7 Å². The Bertz CT molecular complexity index is 666. The predicted molar refractivity (Wildman–Crippen MR) is 87.8 cm³/mol. The van der Waals surface area contributed by atoms with E-state index in [1.165, 1.54) is 16.4 Å². The Morgan fingerprint density at radius 3 is 2.13 bits per heavy atom. The third-order valence-electron chi connectivity index (χ3n) is 4.35. The summed E-state index contributed by atoms with van der Waals surface area (Å²) in [6.45, 7) is 4.04. The Labute approximate surface area is 141 Å². The Kier molecular flexibility index (Phi) is 4.91. The van der Waals surface area contributed by atoms with E-state index in [1.807, 2.05) is 9.80 Å². The minimum absolute atomic E-state index is 0.144. The molecule has 6 nitrogen and oxygen atoms in total. The second-order valence-corrected chi connectivity index (χ2v) is 8.24. The van der Waals surface area contributed by atoms with Gasteiger partial charge in [0.25, 0.3) is 0 Å². The first kappa shape index (κ1) is 16.7. The Balaban J connectivity index is 1.57. The maximum atomic E-state index is 12.6. The van der Waals surface area contributed by atoms with Crippen molar-refractivity contribution in [3.05, 3.63) is 29.3 Å². The van der Waals surface area contributed by atoms with E-state index in [0.29, 0.717) is 37.7 Å². The molecule has 0 radical (unpaired) electrons. The van der Waals surface area contributed by atoms with Gasteiger partial charge in [-0.2, -0.15) is 4.31 Å². The van der Waals surface area contributed by atoms with Crippen molar-refractivity contribution in [2.24, 2.45) is 0 Å². The first-order valence-electron chi connectivity index (χ1n) is 7.73. The summed E-state index contributed by atoms with van der Waals surface area (Å²) in [6, 6.07) is 6.21. The van der Waals surface area contributed by atoms with Crippen LogP contribution in [0.5, 0.6) is 0 Å². The molecule has 0 aliphatic carbocycles. The SMILES string of the molecule is O=C(CN1CCN(S(=O)(=O)c2ccc(Cl)cc2)CC1)N1CCC1. The van der Waals surface area contributed by atoms with Gasteiger partial charge < -0.3 is 4.90 Å². The number of rotatable bonds is 4. The van der Waals surface area contributed by atoms with Crippen molar-refractivity contribution in [1.82, 2.24) is 14.1 Å². The third kappa shape index (κ3) is 3.68. The third-order valence-corrected chi connectivity index (χ3v) is 6.52. The number of likely N-dealkylation sites (tertiary alicyclic amines) is 1. The van der Waals surface area contributed by atoms with E-state index in [9.17, 15) is 13.2 Å². The first-order chi connectivity index (χ1) is 11.0. The van der Waals surface area contributed by atoms with Gasteiger partial charge in [0, 0.05) is 44.3 Å². The normalized spacial score (nSPS) is 20.3. The van der Waals surface area contributed by atoms with Crippen LogP contribution in [0.2, 0.25) is 5.02 Å². The van der Waals surface area contributed by atoms with Crippen LogP contribution in [0, 0.1) is 0 Å². The molecule has 2 saturated heterocycles. The number of carbonyl (C=O) groups excluding carboxylic acids is 1. The van der Waals surface area contributed by atoms with Crippen LogP contribution in [-0.4, -0.2) is 74.2 Å². The average molecular weight is 358 g/mol. The molecule has 23 heavy (non-hydrogen) atoms. The van der Waals surface area contributed by atoms with Crippen LogP contribution < -0.4 is 0 Å². The lowest BCUT2D eigenvalue weighted by molar-refractivity contribution is -0.136.